The molecule has 2 aliphatic rings. The maximum absolute atomic E-state index is 14.9. The molecule has 12 atom stereocenters. The Morgan fingerprint density at radius 3 is 1.51 bits per heavy atom. The van der Waals surface area contributed by atoms with Gasteiger partial charge >= 0.3 is 27.4 Å². The lowest BCUT2D eigenvalue weighted by molar-refractivity contribution is -0.149. The fraction of sp³-hybridized carbons (Fsp3) is 0.441. The number of esters is 2. The summed E-state index contributed by atoms with van der Waals surface area (Å²) in [6.07, 6.45) is -4.98. The average molecular weight is 1390 g/mol. The first-order chi connectivity index (χ1) is 46.3. The number of methoxy groups -OCH3 is 1. The van der Waals surface area contributed by atoms with Crippen molar-refractivity contribution in [2.24, 2.45) is 10.8 Å². The number of hydrogen-bond donors (Lipinski definition) is 6. The van der Waals surface area contributed by atoms with Crippen LogP contribution in [0.2, 0.25) is 0 Å². The van der Waals surface area contributed by atoms with Crippen LogP contribution >= 0.6 is 15.5 Å². The summed E-state index contributed by atoms with van der Waals surface area (Å²) in [4.78, 5) is 52.7. The summed E-state index contributed by atoms with van der Waals surface area (Å²) in [7, 11) is -7.43. The molecule has 0 spiro atoms. The predicted octanol–water partition coefficient (Wildman–Crippen LogP) is 9.90. The van der Waals surface area contributed by atoms with E-state index in [-0.39, 0.29) is 47.3 Å². The molecule has 0 radical (unpaired) electrons. The van der Waals surface area contributed by atoms with Crippen molar-refractivity contribution in [1.82, 2.24) is 49.2 Å². The van der Waals surface area contributed by atoms with Crippen LogP contribution in [0.25, 0.3) is 43.9 Å². The number of hydrogen-bond acceptors (Lipinski definition) is 24. The van der Waals surface area contributed by atoms with Crippen LogP contribution in [-0.2, 0) is 46.7 Å². The van der Waals surface area contributed by atoms with Gasteiger partial charge in [0.2, 0.25) is 11.8 Å². The highest BCUT2D eigenvalue weighted by Gasteiger charge is 2.56. The zero-order valence-corrected chi connectivity index (χ0v) is 58.5. The Labute approximate surface area is 566 Å². The second-order valence-corrected chi connectivity index (χ2v) is 30.1. The van der Waals surface area contributed by atoms with Crippen molar-refractivity contribution < 1.29 is 85.7 Å². The lowest BCUT2D eigenvalue weighted by atomic mass is 9.96. The number of ether oxygens (including phenoxy) is 6. The summed E-state index contributed by atoms with van der Waals surface area (Å²) in [5.74, 6) is 0.449. The van der Waals surface area contributed by atoms with Crippen molar-refractivity contribution in [3.63, 3.8) is 0 Å². The molecule has 2 fully saturated rings. The molecule has 2 saturated heterocycles. The van der Waals surface area contributed by atoms with E-state index in [1.807, 2.05) is 103 Å². The largest absolute Gasteiger partial charge is 0.479 e. The van der Waals surface area contributed by atoms with E-state index in [0.717, 1.165) is 10.8 Å². The van der Waals surface area contributed by atoms with E-state index in [4.69, 9.17) is 46.5 Å². The van der Waals surface area contributed by atoms with Gasteiger partial charge in [-0.15, -0.1) is 0 Å². The molecule has 11 rings (SSSR count). The molecule has 98 heavy (non-hydrogen) atoms. The van der Waals surface area contributed by atoms with Crippen LogP contribution in [0.3, 0.4) is 0 Å². The molecule has 30 heteroatoms. The van der Waals surface area contributed by atoms with E-state index in [9.17, 15) is 39.1 Å². The smallest absolute Gasteiger partial charge is 0.459 e. The van der Waals surface area contributed by atoms with Crippen LogP contribution in [0.1, 0.15) is 105 Å². The number of nitrogens with zero attached hydrogens (tertiary/aromatic N) is 8. The minimum Gasteiger partial charge on any atom is -0.479 e. The van der Waals surface area contributed by atoms with Gasteiger partial charge in [-0.3, -0.25) is 23.0 Å². The summed E-state index contributed by atoms with van der Waals surface area (Å²) in [5, 5.41) is 54.1. The first-order valence-corrected chi connectivity index (χ1v) is 34.9. The molecule has 524 valence electrons. The number of aliphatic hydroxyl groups excluding tert-OH is 2. The van der Waals surface area contributed by atoms with E-state index in [1.165, 1.54) is 49.7 Å². The highest BCUT2D eigenvalue weighted by atomic mass is 31.2. The van der Waals surface area contributed by atoms with Crippen LogP contribution < -0.4 is 28.7 Å². The number of aromatic nitrogens is 8. The van der Waals surface area contributed by atoms with Crippen LogP contribution in [0.5, 0.6) is 23.3 Å². The molecule has 2 aliphatic heterocycles. The molecule has 6 N–H and O–H groups in total. The van der Waals surface area contributed by atoms with Crippen molar-refractivity contribution in [1.29, 1.82) is 0 Å². The number of carbonyl (C=O) groups excluding carboxylic acids is 2. The van der Waals surface area contributed by atoms with Gasteiger partial charge in [0.15, 0.2) is 34.8 Å². The van der Waals surface area contributed by atoms with Crippen molar-refractivity contribution in [2.45, 2.75) is 143 Å². The van der Waals surface area contributed by atoms with Crippen LogP contribution in [0.15, 0.2) is 128 Å². The maximum Gasteiger partial charge on any atom is 0.459 e. The Kier molecular flexibility index (Phi) is 21.8. The fourth-order valence-corrected chi connectivity index (χ4v) is 14.0. The number of aliphatic hydroxyl groups is 4. The first kappa shape index (κ1) is 72.7. The van der Waals surface area contributed by atoms with Gasteiger partial charge in [0.1, 0.15) is 70.8 Å². The van der Waals surface area contributed by atoms with Gasteiger partial charge in [-0.2, -0.15) is 20.1 Å². The van der Waals surface area contributed by atoms with Crippen molar-refractivity contribution in [2.75, 3.05) is 40.1 Å². The number of benzene rings is 5. The van der Waals surface area contributed by atoms with Crippen molar-refractivity contribution in [3.05, 3.63) is 145 Å². The molecular weight excluding hydrogens is 1310 g/mol. The van der Waals surface area contributed by atoms with Gasteiger partial charge in [-0.1, -0.05) is 145 Å². The third-order valence-electron chi connectivity index (χ3n) is 15.9. The number of fused-ring (bicyclic) bond motifs is 4. The highest BCUT2D eigenvalue weighted by Crippen LogP contribution is 2.52. The standard InChI is InChI=1S/C36H42N5O9P.C32H42N5O9P/c1-22-38-31-29(32(39-22)46-6)37-21-41(31)34-36(5,44)30(42)27(49-34)19-48-51(45,50-26-18-12-16-23-13-10-11-17-25(23)26)40-28(24-14-8-7-9-15-24)33(43)47-20-35(2,3)4;1-8-42-28-25-27(34-20(3)35-28)37(18-33-25)30-32(7,40)26(38)24(45-30)16-44-47(41,36-19(2)29(39)43-17-31(4,5)6)46-23-15-11-13-21-12-9-10-14-22(21)23/h7-18,21,27-28,30,34,42,44H,19-20H2,1-6H3,(H,40,45);9-15,18-19,24,26,30,38,40H,8,16-17H2,1-7H3,(H,36,41)/t27-,28+,30-,34?,36-,51?;19-,24+,26+,30?,32+,47?/m10/s1. The van der Waals surface area contributed by atoms with Gasteiger partial charge in [0.25, 0.3) is 0 Å². The normalized spacial score (nSPS) is 22.9. The number of imidazole rings is 2. The van der Waals surface area contributed by atoms with E-state index >= 15 is 0 Å². The number of carbonyl (C=O) groups is 2. The van der Waals surface area contributed by atoms with E-state index in [1.54, 1.807) is 74.5 Å². The lowest BCUT2D eigenvalue weighted by Crippen LogP contribution is -2.44. The van der Waals surface area contributed by atoms with Gasteiger partial charge in [-0.25, -0.2) is 33.9 Å². The van der Waals surface area contributed by atoms with Crippen molar-refractivity contribution >= 4 is 71.3 Å². The molecule has 0 bridgehead atoms. The molecule has 0 amide bonds. The van der Waals surface area contributed by atoms with Crippen LogP contribution in [0.4, 0.5) is 0 Å². The summed E-state index contributed by atoms with van der Waals surface area (Å²) in [6, 6.07) is 31.5. The minimum absolute atomic E-state index is 0.101. The second kappa shape index (κ2) is 29.4. The maximum atomic E-state index is 14.9. The Hall–Kier alpha value is -8.08. The topological polar surface area (TPSA) is 353 Å². The highest BCUT2D eigenvalue weighted by molar-refractivity contribution is 7.52. The Bertz CT molecular complexity index is 4400. The Balaban J connectivity index is 0.000000213. The number of nitrogens with one attached hydrogen (secondary N) is 2. The Morgan fingerprint density at radius 2 is 1.04 bits per heavy atom. The predicted molar refractivity (Wildman–Crippen MR) is 361 cm³/mol. The van der Waals surface area contributed by atoms with Gasteiger partial charge in [-0.05, 0) is 80.8 Å². The zero-order valence-electron chi connectivity index (χ0n) is 56.8. The first-order valence-electron chi connectivity index (χ1n) is 31.8. The average Bonchev–Trinajstić information content (AvgIpc) is 1.59. The molecule has 4 unspecified atom stereocenters. The molecule has 4 aromatic heterocycles. The molecule has 0 saturated carbocycles. The van der Waals surface area contributed by atoms with E-state index in [2.05, 4.69) is 40.1 Å². The molecule has 28 nitrogen and oxygen atoms in total. The number of rotatable bonds is 24. The monoisotopic (exact) mass is 1390 g/mol. The van der Waals surface area contributed by atoms with Gasteiger partial charge in [0, 0.05) is 10.8 Å². The summed E-state index contributed by atoms with van der Waals surface area (Å²) in [6.45, 7) is 20.6. The molecule has 5 aromatic carbocycles. The molecule has 9 aromatic rings. The molecule has 6 heterocycles. The van der Waals surface area contributed by atoms with E-state index < -0.39 is 101 Å². The quantitative estimate of drug-likeness (QED) is 0.0242. The SMILES string of the molecule is CCOc1nc(C)nc2c1ncn2C1O[C@H](COP(=O)(N[C@@H](C)C(=O)OCC(C)(C)C)Oc2cccc3ccccc23)[C@@H](O)[C@@]1(C)O.COc1nc(C)nc2c1ncn2C1O[C@H](COP(=O)(N[C@H](C(=O)OCC(C)(C)C)c2ccccc2)Oc2cccc3ccccc23)[C@@H](O)[C@@]1(C)O. The second-order valence-electron chi connectivity index (χ2n) is 26.7. The van der Waals surface area contributed by atoms with Gasteiger partial charge in [0.05, 0.1) is 52.8 Å². The summed E-state index contributed by atoms with van der Waals surface area (Å²) >= 11 is 0. The Morgan fingerprint density at radius 1 is 0.612 bits per heavy atom. The third kappa shape index (κ3) is 16.5. The van der Waals surface area contributed by atoms with Crippen LogP contribution in [-0.4, -0.2) is 153 Å². The third-order valence-corrected chi connectivity index (χ3v) is 19.0. The molecule has 0 aliphatic carbocycles. The summed E-state index contributed by atoms with van der Waals surface area (Å²) < 4.78 is 90.7. The van der Waals surface area contributed by atoms with Gasteiger partial charge < -0.3 is 57.9 Å². The minimum atomic E-state index is -4.52. The van der Waals surface area contributed by atoms with Crippen LogP contribution in [0, 0.1) is 24.7 Å². The van der Waals surface area contributed by atoms with Crippen molar-refractivity contribution in [3.8, 4) is 23.3 Å². The van der Waals surface area contributed by atoms with E-state index in [0.29, 0.717) is 56.9 Å². The zero-order chi connectivity index (χ0) is 70.7. The lowest BCUT2D eigenvalue weighted by Gasteiger charge is -2.28. The molecular formula is C68H84N10O18P2. The summed E-state index contributed by atoms with van der Waals surface area (Å²) in [5.41, 5.74) is -2.57. The fourth-order valence-electron chi connectivity index (χ4n) is 10.9. The number of aryl methyl sites for hydroxylation is 2.